The zero-order valence-corrected chi connectivity index (χ0v) is 11.8. The summed E-state index contributed by atoms with van der Waals surface area (Å²) in [6.07, 6.45) is 3.78. The summed E-state index contributed by atoms with van der Waals surface area (Å²) in [4.78, 5) is 4.31. The monoisotopic (exact) mass is 277 g/mol. The van der Waals surface area contributed by atoms with Crippen molar-refractivity contribution in [2.75, 3.05) is 6.61 Å². The predicted octanol–water partition coefficient (Wildman–Crippen LogP) is 2.38. The first-order chi connectivity index (χ1) is 9.54. The highest BCUT2D eigenvalue weighted by Gasteiger charge is 2.31. The van der Waals surface area contributed by atoms with Crippen LogP contribution >= 0.6 is 0 Å². The third-order valence-corrected chi connectivity index (χ3v) is 3.56. The molecular weight excluding hydrogens is 258 g/mol. The fourth-order valence-corrected chi connectivity index (χ4v) is 2.00. The van der Waals surface area contributed by atoms with Crippen molar-refractivity contribution in [3.8, 4) is 11.7 Å². The van der Waals surface area contributed by atoms with Gasteiger partial charge in [0.2, 0.25) is 0 Å². The molecule has 0 radical (unpaired) electrons. The number of rotatable bonds is 5. The predicted molar refractivity (Wildman–Crippen MR) is 71.9 cm³/mol. The fourth-order valence-electron chi connectivity index (χ4n) is 2.00. The van der Waals surface area contributed by atoms with E-state index in [1.165, 1.54) is 6.42 Å². The number of nitrogens with zero attached hydrogens (tertiary/aromatic N) is 2. The van der Waals surface area contributed by atoms with Crippen molar-refractivity contribution in [2.45, 2.75) is 44.8 Å². The van der Waals surface area contributed by atoms with Crippen molar-refractivity contribution >= 4 is 0 Å². The summed E-state index contributed by atoms with van der Waals surface area (Å²) in [5, 5.41) is 3.94. The van der Waals surface area contributed by atoms with Crippen LogP contribution in [0.3, 0.4) is 0 Å². The Bertz CT molecular complexity index is 584. The first-order valence-electron chi connectivity index (χ1n) is 6.86. The number of nitrogens with two attached hydrogens (primary N) is 1. The zero-order valence-electron chi connectivity index (χ0n) is 11.8. The summed E-state index contributed by atoms with van der Waals surface area (Å²) in [7, 11) is 0. The Morgan fingerprint density at radius 3 is 2.85 bits per heavy atom. The molecule has 0 bridgehead atoms. The summed E-state index contributed by atoms with van der Waals surface area (Å²) in [6, 6.07) is 3.64. The van der Waals surface area contributed by atoms with Gasteiger partial charge in [-0.2, -0.15) is 4.98 Å². The second-order valence-electron chi connectivity index (χ2n) is 5.61. The molecular formula is C14H19N3O3. The van der Waals surface area contributed by atoms with E-state index in [1.54, 1.807) is 6.07 Å². The van der Waals surface area contributed by atoms with Crippen LogP contribution < -0.4 is 5.73 Å². The molecule has 2 heterocycles. The molecule has 2 aromatic rings. The average molecular weight is 277 g/mol. The van der Waals surface area contributed by atoms with Crippen molar-refractivity contribution in [1.29, 1.82) is 0 Å². The van der Waals surface area contributed by atoms with Gasteiger partial charge in [-0.1, -0.05) is 5.16 Å². The largest absolute Gasteiger partial charge is 0.456 e. The molecule has 1 atom stereocenters. The van der Waals surface area contributed by atoms with Crippen LogP contribution in [0.4, 0.5) is 0 Å². The molecule has 6 nitrogen and oxygen atoms in total. The van der Waals surface area contributed by atoms with E-state index in [1.807, 2.05) is 19.9 Å². The van der Waals surface area contributed by atoms with E-state index in [-0.39, 0.29) is 0 Å². The maximum Gasteiger partial charge on any atom is 0.293 e. The van der Waals surface area contributed by atoms with E-state index in [2.05, 4.69) is 10.1 Å². The molecule has 2 aromatic heterocycles. The standard InChI is InChI=1S/C14H19N3O3/c1-9-6-7-11(19-9)12-16-13(17-20-12)14(2,15)8-18-10-4-3-5-10/h6-7,10H,3-5,8,15H2,1-2H3. The summed E-state index contributed by atoms with van der Waals surface area (Å²) in [6.45, 7) is 4.09. The maximum atomic E-state index is 6.22. The van der Waals surface area contributed by atoms with E-state index < -0.39 is 5.54 Å². The lowest BCUT2D eigenvalue weighted by Crippen LogP contribution is -2.41. The SMILES string of the molecule is Cc1ccc(-c2nc(C(C)(N)COC3CCC3)no2)o1. The zero-order chi connectivity index (χ0) is 14.2. The van der Waals surface area contributed by atoms with Gasteiger partial charge in [-0.05, 0) is 45.2 Å². The average Bonchev–Trinajstić information content (AvgIpc) is 2.94. The summed E-state index contributed by atoms with van der Waals surface area (Å²) in [5.41, 5.74) is 5.46. The Morgan fingerprint density at radius 1 is 1.45 bits per heavy atom. The van der Waals surface area contributed by atoms with E-state index in [0.29, 0.717) is 30.2 Å². The molecule has 0 aromatic carbocycles. The van der Waals surface area contributed by atoms with Crippen LogP contribution in [0, 0.1) is 6.92 Å². The molecule has 1 fully saturated rings. The third-order valence-electron chi connectivity index (χ3n) is 3.56. The molecule has 0 amide bonds. The Kier molecular flexibility index (Phi) is 3.35. The molecule has 0 aliphatic heterocycles. The number of aryl methyl sites for hydroxylation is 1. The molecule has 108 valence electrons. The van der Waals surface area contributed by atoms with Crippen molar-refractivity contribution < 1.29 is 13.7 Å². The second-order valence-corrected chi connectivity index (χ2v) is 5.61. The highest BCUT2D eigenvalue weighted by atomic mass is 16.5. The maximum absolute atomic E-state index is 6.22. The summed E-state index contributed by atoms with van der Waals surface area (Å²) in [5.74, 6) is 2.12. The third kappa shape index (κ3) is 2.62. The van der Waals surface area contributed by atoms with Gasteiger partial charge in [0.05, 0.1) is 12.7 Å². The topological polar surface area (TPSA) is 87.3 Å². The minimum Gasteiger partial charge on any atom is -0.456 e. The number of ether oxygens (including phenoxy) is 1. The van der Waals surface area contributed by atoms with Crippen molar-refractivity contribution in [3.63, 3.8) is 0 Å². The normalized spacial score (nSPS) is 18.8. The van der Waals surface area contributed by atoms with Crippen LogP contribution in [0.25, 0.3) is 11.7 Å². The van der Waals surface area contributed by atoms with E-state index in [4.69, 9.17) is 19.4 Å². The van der Waals surface area contributed by atoms with Crippen molar-refractivity contribution in [2.24, 2.45) is 5.73 Å². The van der Waals surface area contributed by atoms with Crippen molar-refractivity contribution in [1.82, 2.24) is 10.1 Å². The van der Waals surface area contributed by atoms with Gasteiger partial charge < -0.3 is 19.4 Å². The van der Waals surface area contributed by atoms with Gasteiger partial charge in [-0.25, -0.2) is 0 Å². The first-order valence-corrected chi connectivity index (χ1v) is 6.86. The molecule has 6 heteroatoms. The number of hydrogen-bond donors (Lipinski definition) is 1. The highest BCUT2D eigenvalue weighted by molar-refractivity contribution is 5.44. The summed E-state index contributed by atoms with van der Waals surface area (Å²) < 4.78 is 16.4. The molecule has 1 saturated carbocycles. The molecule has 20 heavy (non-hydrogen) atoms. The number of aromatic nitrogens is 2. The Hall–Kier alpha value is -1.66. The highest BCUT2D eigenvalue weighted by Crippen LogP contribution is 2.26. The van der Waals surface area contributed by atoms with Gasteiger partial charge in [0, 0.05) is 0 Å². The second kappa shape index (κ2) is 5.03. The Labute approximate surface area is 117 Å². The van der Waals surface area contributed by atoms with Crippen LogP contribution in [0.1, 0.15) is 37.8 Å². The molecule has 2 N–H and O–H groups in total. The van der Waals surface area contributed by atoms with E-state index in [0.717, 1.165) is 18.6 Å². The summed E-state index contributed by atoms with van der Waals surface area (Å²) >= 11 is 0. The van der Waals surface area contributed by atoms with Crippen LogP contribution in [0.2, 0.25) is 0 Å². The van der Waals surface area contributed by atoms with Gasteiger partial charge in [-0.15, -0.1) is 0 Å². The molecule has 1 aliphatic rings. The van der Waals surface area contributed by atoms with E-state index in [9.17, 15) is 0 Å². The van der Waals surface area contributed by atoms with Crippen LogP contribution in [-0.4, -0.2) is 22.9 Å². The van der Waals surface area contributed by atoms with Gasteiger partial charge in [0.15, 0.2) is 11.6 Å². The smallest absolute Gasteiger partial charge is 0.293 e. The molecule has 0 spiro atoms. The minimum atomic E-state index is -0.765. The van der Waals surface area contributed by atoms with Crippen LogP contribution in [-0.2, 0) is 10.3 Å². The van der Waals surface area contributed by atoms with Gasteiger partial charge in [0.1, 0.15) is 11.3 Å². The molecule has 1 aliphatic carbocycles. The number of hydrogen-bond acceptors (Lipinski definition) is 6. The lowest BCUT2D eigenvalue weighted by atomic mass is 9.95. The lowest BCUT2D eigenvalue weighted by Gasteiger charge is -2.29. The molecule has 3 rings (SSSR count). The van der Waals surface area contributed by atoms with Crippen molar-refractivity contribution in [3.05, 3.63) is 23.7 Å². The Balaban J connectivity index is 1.71. The molecule has 0 saturated heterocycles. The van der Waals surface area contributed by atoms with Gasteiger partial charge in [0.25, 0.3) is 5.89 Å². The van der Waals surface area contributed by atoms with Gasteiger partial charge in [-0.3, -0.25) is 0 Å². The van der Waals surface area contributed by atoms with Crippen LogP contribution in [0.15, 0.2) is 21.1 Å². The first kappa shape index (κ1) is 13.3. The van der Waals surface area contributed by atoms with E-state index >= 15 is 0 Å². The van der Waals surface area contributed by atoms with Gasteiger partial charge >= 0.3 is 0 Å². The quantitative estimate of drug-likeness (QED) is 0.902. The van der Waals surface area contributed by atoms with Crippen LogP contribution in [0.5, 0.6) is 0 Å². The number of furan rings is 1. The lowest BCUT2D eigenvalue weighted by molar-refractivity contribution is -0.0222. The molecule has 1 unspecified atom stereocenters. The Morgan fingerprint density at radius 2 is 2.25 bits per heavy atom. The fraction of sp³-hybridized carbons (Fsp3) is 0.571. The minimum absolute atomic E-state index is 0.331.